The lowest BCUT2D eigenvalue weighted by Gasteiger charge is -2.08. The number of benzene rings is 6. The van der Waals surface area contributed by atoms with Gasteiger partial charge in [-0.05, 0) is 54.1 Å². The summed E-state index contributed by atoms with van der Waals surface area (Å²) in [4.78, 5) is 10.6. The van der Waals surface area contributed by atoms with Gasteiger partial charge in [-0.3, -0.25) is 0 Å². The van der Waals surface area contributed by atoms with Gasteiger partial charge in [-0.1, -0.05) is 116 Å². The van der Waals surface area contributed by atoms with Crippen LogP contribution in [-0.4, -0.2) is 14.5 Å². The van der Waals surface area contributed by atoms with Crippen molar-refractivity contribution in [2.75, 3.05) is 0 Å². The first-order valence-corrected chi connectivity index (χ1v) is 17.6. The monoisotopic (exact) mass is 659 g/mol. The van der Waals surface area contributed by atoms with Crippen molar-refractivity contribution in [3.8, 4) is 22.6 Å². The molecule has 6 aromatic carbocycles. The van der Waals surface area contributed by atoms with Gasteiger partial charge < -0.3 is 8.98 Å². The molecular formula is C45H29N3OS. The summed E-state index contributed by atoms with van der Waals surface area (Å²) in [5.74, 6) is 0.671. The smallest absolute Gasteiger partial charge is 0.161 e. The molecule has 0 fully saturated rings. The van der Waals surface area contributed by atoms with Crippen LogP contribution in [0.5, 0.6) is 0 Å². The average Bonchev–Trinajstić information content (AvgIpc) is 3.84. The minimum absolute atomic E-state index is 0.671. The molecule has 0 amide bonds. The minimum atomic E-state index is 0.671. The highest BCUT2D eigenvalue weighted by atomic mass is 32.1. The van der Waals surface area contributed by atoms with Gasteiger partial charge in [0.05, 0.1) is 32.6 Å². The standard InChI is InChI=1S/C45H29N3OS/c1-3-30-40-33(45-46-41(27-15-6-5-7-16-27)44-42(47-45)32-20-11-13-24-39(32)50-44)21-14-23-38(40)49-43(30)35(4-2)48-36-22-12-10-19-31(36)34-25-28-17-8-9-18-29(28)26-37(34)48/h3-26H,2H2,1H3/b30-3-,43-35-. The summed E-state index contributed by atoms with van der Waals surface area (Å²) in [7, 11) is 0. The molecule has 0 aliphatic rings. The summed E-state index contributed by atoms with van der Waals surface area (Å²) < 4.78 is 11.4. The van der Waals surface area contributed by atoms with E-state index >= 15 is 0 Å². The van der Waals surface area contributed by atoms with Gasteiger partial charge in [-0.2, -0.15) is 0 Å². The molecule has 0 saturated heterocycles. The molecule has 0 spiro atoms. The average molecular weight is 660 g/mol. The van der Waals surface area contributed by atoms with Gasteiger partial charge in [0.25, 0.3) is 0 Å². The Labute approximate surface area is 291 Å². The lowest BCUT2D eigenvalue weighted by atomic mass is 10.1. The maximum Gasteiger partial charge on any atom is 0.161 e. The fourth-order valence-corrected chi connectivity index (χ4v) is 8.68. The van der Waals surface area contributed by atoms with Crippen LogP contribution in [0.3, 0.4) is 0 Å². The summed E-state index contributed by atoms with van der Waals surface area (Å²) in [5, 5.41) is 7.87. The molecule has 4 nitrogen and oxygen atoms in total. The first-order valence-electron chi connectivity index (χ1n) is 16.7. The molecule has 50 heavy (non-hydrogen) atoms. The Balaban J connectivity index is 1.31. The highest BCUT2D eigenvalue weighted by Gasteiger charge is 2.21. The predicted octanol–water partition coefficient (Wildman–Crippen LogP) is 10.8. The van der Waals surface area contributed by atoms with Crippen LogP contribution in [0, 0.1) is 0 Å². The number of aromatic nitrogens is 3. The number of thiophene rings is 1. The van der Waals surface area contributed by atoms with Crippen LogP contribution < -0.4 is 10.6 Å². The Bertz CT molecular complexity index is 3130. The molecule has 0 unspecified atom stereocenters. The van der Waals surface area contributed by atoms with E-state index in [1.807, 2.05) is 24.3 Å². The van der Waals surface area contributed by atoms with Crippen molar-refractivity contribution >= 4 is 87.0 Å². The predicted molar refractivity (Wildman–Crippen MR) is 211 cm³/mol. The Morgan fingerprint density at radius 1 is 0.720 bits per heavy atom. The Kier molecular flexibility index (Phi) is 6.38. The van der Waals surface area contributed by atoms with E-state index in [9.17, 15) is 0 Å². The van der Waals surface area contributed by atoms with E-state index < -0.39 is 0 Å². The highest BCUT2D eigenvalue weighted by Crippen LogP contribution is 2.40. The lowest BCUT2D eigenvalue weighted by molar-refractivity contribution is 0.570. The maximum absolute atomic E-state index is 6.86. The number of furan rings is 1. The molecule has 0 aliphatic carbocycles. The molecule has 4 heterocycles. The third-order valence-corrected chi connectivity index (χ3v) is 10.9. The van der Waals surface area contributed by atoms with Crippen molar-refractivity contribution in [3.05, 3.63) is 157 Å². The molecule has 0 radical (unpaired) electrons. The normalized spacial score (nSPS) is 13.0. The van der Waals surface area contributed by atoms with Gasteiger partial charge in [-0.25, -0.2) is 9.97 Å². The van der Waals surface area contributed by atoms with Crippen molar-refractivity contribution in [1.29, 1.82) is 0 Å². The number of hydrogen-bond donors (Lipinski definition) is 0. The van der Waals surface area contributed by atoms with Gasteiger partial charge in [-0.15, -0.1) is 11.3 Å². The summed E-state index contributed by atoms with van der Waals surface area (Å²) >= 11 is 1.74. The molecule has 0 saturated carbocycles. The van der Waals surface area contributed by atoms with E-state index in [0.29, 0.717) is 5.82 Å². The third kappa shape index (κ3) is 4.17. The zero-order valence-electron chi connectivity index (χ0n) is 27.2. The second kappa shape index (κ2) is 11.1. The molecule has 0 N–H and O–H groups in total. The quantitative estimate of drug-likeness (QED) is 0.189. The largest absolute Gasteiger partial charge is 0.454 e. The molecule has 236 valence electrons. The molecule has 4 aromatic heterocycles. The molecule has 5 heteroatoms. The Morgan fingerprint density at radius 3 is 2.28 bits per heavy atom. The van der Waals surface area contributed by atoms with Crippen molar-refractivity contribution in [2.24, 2.45) is 0 Å². The molecule has 0 atom stereocenters. The second-order valence-corrected chi connectivity index (χ2v) is 13.6. The van der Waals surface area contributed by atoms with Gasteiger partial charge in [0, 0.05) is 42.6 Å². The SMILES string of the molecule is C=C/C(=c1/oc2cccc(-c3nc(-c4ccccc4)c4sc5ccccc5c4n3)c2/c1=C/C)n1c2ccccc2c2cc3ccccc3cc21. The minimum Gasteiger partial charge on any atom is -0.454 e. The van der Waals surface area contributed by atoms with Crippen LogP contribution in [0.15, 0.2) is 151 Å². The van der Waals surface area contributed by atoms with Gasteiger partial charge >= 0.3 is 0 Å². The molecule has 0 aliphatic heterocycles. The van der Waals surface area contributed by atoms with Crippen LogP contribution in [0.2, 0.25) is 0 Å². The Morgan fingerprint density at radius 2 is 1.46 bits per heavy atom. The number of fused-ring (bicyclic) bond motifs is 8. The van der Waals surface area contributed by atoms with Crippen molar-refractivity contribution in [3.63, 3.8) is 0 Å². The van der Waals surface area contributed by atoms with E-state index in [1.54, 1.807) is 11.3 Å². The van der Waals surface area contributed by atoms with Gasteiger partial charge in [0.1, 0.15) is 5.58 Å². The third-order valence-electron chi connectivity index (χ3n) is 9.76. The number of hydrogen-bond acceptors (Lipinski definition) is 4. The first-order chi connectivity index (χ1) is 24.7. The molecule has 0 bridgehead atoms. The van der Waals surface area contributed by atoms with Gasteiger partial charge in [0.2, 0.25) is 0 Å². The van der Waals surface area contributed by atoms with Crippen LogP contribution in [0.1, 0.15) is 6.92 Å². The van der Waals surface area contributed by atoms with Gasteiger partial charge in [0.15, 0.2) is 11.2 Å². The van der Waals surface area contributed by atoms with E-state index in [2.05, 4.69) is 139 Å². The van der Waals surface area contributed by atoms with Crippen molar-refractivity contribution in [2.45, 2.75) is 6.92 Å². The number of rotatable bonds is 4. The van der Waals surface area contributed by atoms with E-state index in [1.165, 1.54) is 26.2 Å². The topological polar surface area (TPSA) is 43.9 Å². The first kappa shape index (κ1) is 28.7. The van der Waals surface area contributed by atoms with Crippen LogP contribution >= 0.6 is 11.3 Å². The maximum atomic E-state index is 6.86. The second-order valence-electron chi connectivity index (χ2n) is 12.5. The van der Waals surface area contributed by atoms with Crippen LogP contribution in [0.4, 0.5) is 0 Å². The summed E-state index contributed by atoms with van der Waals surface area (Å²) in [6.45, 7) is 6.41. The fourth-order valence-electron chi connectivity index (χ4n) is 7.53. The van der Waals surface area contributed by atoms with Crippen LogP contribution in [-0.2, 0) is 0 Å². The lowest BCUT2D eigenvalue weighted by Crippen LogP contribution is -2.25. The Hall–Kier alpha value is -6.30. The zero-order valence-corrected chi connectivity index (χ0v) is 28.0. The summed E-state index contributed by atoms with van der Waals surface area (Å²) in [5.41, 5.74) is 8.51. The molecule has 10 aromatic rings. The van der Waals surface area contributed by atoms with Crippen molar-refractivity contribution in [1.82, 2.24) is 14.5 Å². The number of para-hydroxylation sites is 1. The van der Waals surface area contributed by atoms with E-state index in [4.69, 9.17) is 14.4 Å². The van der Waals surface area contributed by atoms with E-state index in [-0.39, 0.29) is 0 Å². The molecule has 10 rings (SSSR count). The van der Waals surface area contributed by atoms with E-state index in [0.717, 1.165) is 70.8 Å². The number of nitrogens with zero attached hydrogens (tertiary/aromatic N) is 3. The summed E-state index contributed by atoms with van der Waals surface area (Å²) in [6, 6.07) is 46.7. The van der Waals surface area contributed by atoms with Crippen molar-refractivity contribution < 1.29 is 4.42 Å². The molecular weight excluding hydrogens is 631 g/mol. The number of allylic oxidation sites excluding steroid dienone is 1. The zero-order chi connectivity index (χ0) is 33.3. The fraction of sp³-hybridized carbons (Fsp3) is 0.0222. The highest BCUT2D eigenvalue weighted by molar-refractivity contribution is 7.26. The van der Waals surface area contributed by atoms with Crippen LogP contribution in [0.25, 0.3) is 98.3 Å². The summed E-state index contributed by atoms with van der Waals surface area (Å²) in [6.07, 6.45) is 4.05.